The van der Waals surface area contributed by atoms with Crippen LogP contribution in [0.25, 0.3) is 0 Å². The Hall–Kier alpha value is -2.58. The van der Waals surface area contributed by atoms with E-state index in [1.54, 1.807) is 14.0 Å². The average molecular weight is 448 g/mol. The van der Waals surface area contributed by atoms with E-state index in [-0.39, 0.29) is 6.61 Å². The first-order valence-corrected chi connectivity index (χ1v) is 11.3. The van der Waals surface area contributed by atoms with Crippen molar-refractivity contribution in [2.45, 2.75) is 46.5 Å². The maximum atomic E-state index is 7.57. The van der Waals surface area contributed by atoms with Gasteiger partial charge in [0.05, 0.1) is 13.7 Å². The number of benzene rings is 1. The third-order valence-electron chi connectivity index (χ3n) is 4.70. The number of aliphatic hydroxyl groups is 1. The zero-order chi connectivity index (χ0) is 23.9. The van der Waals surface area contributed by atoms with Crippen molar-refractivity contribution in [2.24, 2.45) is 0 Å². The first-order chi connectivity index (χ1) is 15.4. The van der Waals surface area contributed by atoms with Crippen molar-refractivity contribution >= 4 is 11.8 Å². The highest BCUT2D eigenvalue weighted by atomic mass is 16.5. The van der Waals surface area contributed by atoms with Crippen molar-refractivity contribution in [3.8, 4) is 11.5 Å². The molecule has 0 amide bonds. The van der Waals surface area contributed by atoms with Gasteiger partial charge < -0.3 is 30.5 Å². The molecule has 180 valence electrons. The molecule has 0 aliphatic carbocycles. The first kappa shape index (κ1) is 27.5. The highest BCUT2D eigenvalue weighted by Crippen LogP contribution is 2.29. The van der Waals surface area contributed by atoms with Crippen LogP contribution >= 0.6 is 0 Å². The molecule has 8 nitrogen and oxygen atoms in total. The van der Waals surface area contributed by atoms with E-state index < -0.39 is 0 Å². The highest BCUT2D eigenvalue weighted by Gasteiger charge is 2.14. The van der Waals surface area contributed by atoms with E-state index in [2.05, 4.69) is 41.2 Å². The molecule has 0 unspecified atom stereocenters. The Morgan fingerprint density at radius 1 is 1.16 bits per heavy atom. The topological polar surface area (TPSA) is 106 Å². The predicted molar refractivity (Wildman–Crippen MR) is 132 cm³/mol. The van der Waals surface area contributed by atoms with Crippen LogP contribution in [0.2, 0.25) is 0 Å². The fourth-order valence-corrected chi connectivity index (χ4v) is 3.08. The maximum absolute atomic E-state index is 7.57. The van der Waals surface area contributed by atoms with E-state index in [0.717, 1.165) is 66.5 Å². The first-order valence-electron chi connectivity index (χ1n) is 11.3. The standard InChI is InChI=1S/C22H35N5O2.C2H6O/c1-6-7-11-24-21-19(16(2)25-22(23)26-21)14-17-9-10-18(15-20(17)28-5)29-13-8-12-27(3)4;1-2-3/h9-10,15H,6-8,11-14H2,1-5H3,(H3,23,24,25,26);3H,2H2,1H3. The summed E-state index contributed by atoms with van der Waals surface area (Å²) in [4.78, 5) is 10.9. The van der Waals surface area contributed by atoms with Crippen molar-refractivity contribution < 1.29 is 14.6 Å². The van der Waals surface area contributed by atoms with Gasteiger partial charge in [0.1, 0.15) is 17.3 Å². The van der Waals surface area contributed by atoms with Gasteiger partial charge in [0.15, 0.2) is 0 Å². The van der Waals surface area contributed by atoms with E-state index >= 15 is 0 Å². The van der Waals surface area contributed by atoms with Crippen LogP contribution in [0.5, 0.6) is 11.5 Å². The molecule has 1 aromatic carbocycles. The summed E-state index contributed by atoms with van der Waals surface area (Å²) in [7, 11) is 5.81. The second-order valence-electron chi connectivity index (χ2n) is 7.75. The van der Waals surface area contributed by atoms with E-state index in [1.807, 2.05) is 25.1 Å². The molecule has 0 spiro atoms. The summed E-state index contributed by atoms with van der Waals surface area (Å²) >= 11 is 0. The molecule has 0 atom stereocenters. The molecule has 0 aliphatic heterocycles. The van der Waals surface area contributed by atoms with E-state index in [4.69, 9.17) is 20.3 Å². The van der Waals surface area contributed by atoms with Crippen LogP contribution in [0.4, 0.5) is 11.8 Å². The number of ether oxygens (including phenoxy) is 2. The van der Waals surface area contributed by atoms with E-state index in [1.165, 1.54) is 0 Å². The lowest BCUT2D eigenvalue weighted by molar-refractivity contribution is 0.280. The normalized spacial score (nSPS) is 10.5. The lowest BCUT2D eigenvalue weighted by Gasteiger charge is -2.16. The van der Waals surface area contributed by atoms with Crippen LogP contribution in [-0.4, -0.2) is 67.5 Å². The van der Waals surface area contributed by atoms with Gasteiger partial charge in [0.25, 0.3) is 0 Å². The monoisotopic (exact) mass is 447 g/mol. The third kappa shape index (κ3) is 9.70. The summed E-state index contributed by atoms with van der Waals surface area (Å²) in [5.74, 6) is 2.70. The van der Waals surface area contributed by atoms with Crippen molar-refractivity contribution in [1.29, 1.82) is 0 Å². The summed E-state index contributed by atoms with van der Waals surface area (Å²) in [6.07, 6.45) is 3.83. The SMILES string of the molecule is CCCCNc1nc(N)nc(C)c1Cc1ccc(OCCCN(C)C)cc1OC.CCO. The van der Waals surface area contributed by atoms with Crippen LogP contribution in [0, 0.1) is 6.92 Å². The Labute approximate surface area is 193 Å². The number of nitrogens with one attached hydrogen (secondary N) is 1. The summed E-state index contributed by atoms with van der Waals surface area (Å²) in [5.41, 5.74) is 8.84. The van der Waals surface area contributed by atoms with Crippen molar-refractivity contribution in [2.75, 3.05) is 58.6 Å². The smallest absolute Gasteiger partial charge is 0.222 e. The highest BCUT2D eigenvalue weighted by molar-refractivity contribution is 5.53. The molecule has 32 heavy (non-hydrogen) atoms. The van der Waals surface area contributed by atoms with Crippen LogP contribution in [-0.2, 0) is 6.42 Å². The Kier molecular flexibility index (Phi) is 13.1. The largest absolute Gasteiger partial charge is 0.496 e. The molecule has 2 aromatic rings. The van der Waals surface area contributed by atoms with Gasteiger partial charge in [-0.05, 0) is 52.4 Å². The molecule has 8 heteroatoms. The third-order valence-corrected chi connectivity index (χ3v) is 4.70. The number of rotatable bonds is 12. The van der Waals surface area contributed by atoms with Crippen molar-refractivity contribution in [3.63, 3.8) is 0 Å². The van der Waals surface area contributed by atoms with Crippen LogP contribution in [0.3, 0.4) is 0 Å². The minimum Gasteiger partial charge on any atom is -0.496 e. The number of aryl methyl sites for hydroxylation is 1. The zero-order valence-electron chi connectivity index (χ0n) is 20.6. The van der Waals surface area contributed by atoms with Crippen LogP contribution in [0.15, 0.2) is 18.2 Å². The number of aromatic nitrogens is 2. The van der Waals surface area contributed by atoms with Gasteiger partial charge >= 0.3 is 0 Å². The number of methoxy groups -OCH3 is 1. The number of nitrogens with zero attached hydrogens (tertiary/aromatic N) is 3. The van der Waals surface area contributed by atoms with Gasteiger partial charge in [-0.25, -0.2) is 4.98 Å². The maximum Gasteiger partial charge on any atom is 0.222 e. The van der Waals surface area contributed by atoms with Gasteiger partial charge in [-0.1, -0.05) is 19.4 Å². The lowest BCUT2D eigenvalue weighted by Crippen LogP contribution is -2.15. The Balaban J connectivity index is 0.00000161. The number of anilines is 2. The predicted octanol–water partition coefficient (Wildman–Crippen LogP) is 3.51. The van der Waals surface area contributed by atoms with E-state index in [0.29, 0.717) is 19.0 Å². The Morgan fingerprint density at radius 3 is 2.50 bits per heavy atom. The number of hydrogen-bond acceptors (Lipinski definition) is 8. The average Bonchev–Trinajstić information content (AvgIpc) is 2.74. The van der Waals surface area contributed by atoms with Crippen LogP contribution < -0.4 is 20.5 Å². The molecule has 0 fully saturated rings. The van der Waals surface area contributed by atoms with E-state index in [9.17, 15) is 0 Å². The second kappa shape index (κ2) is 15.3. The molecular formula is C24H41N5O3. The minimum absolute atomic E-state index is 0.250. The summed E-state index contributed by atoms with van der Waals surface area (Å²) in [6.45, 7) is 8.59. The lowest BCUT2D eigenvalue weighted by atomic mass is 10.0. The summed E-state index contributed by atoms with van der Waals surface area (Å²) in [5, 5.41) is 11.0. The number of hydrogen-bond donors (Lipinski definition) is 3. The summed E-state index contributed by atoms with van der Waals surface area (Å²) < 4.78 is 11.5. The molecule has 4 N–H and O–H groups in total. The number of aliphatic hydroxyl groups excluding tert-OH is 1. The second-order valence-corrected chi connectivity index (χ2v) is 7.75. The Bertz CT molecular complexity index is 799. The number of nitrogen functional groups attached to an aromatic ring is 1. The molecule has 0 bridgehead atoms. The Morgan fingerprint density at radius 2 is 1.88 bits per heavy atom. The molecule has 0 saturated heterocycles. The summed E-state index contributed by atoms with van der Waals surface area (Å²) in [6, 6.07) is 5.99. The van der Waals surface area contributed by atoms with Gasteiger partial charge in [0.2, 0.25) is 5.95 Å². The molecular weight excluding hydrogens is 406 g/mol. The van der Waals surface area contributed by atoms with Crippen LogP contribution in [0.1, 0.15) is 49.9 Å². The fourth-order valence-electron chi connectivity index (χ4n) is 3.08. The van der Waals surface area contributed by atoms with Gasteiger partial charge in [0, 0.05) is 43.4 Å². The van der Waals surface area contributed by atoms with Gasteiger partial charge in [-0.3, -0.25) is 0 Å². The van der Waals surface area contributed by atoms with Crippen molar-refractivity contribution in [1.82, 2.24) is 14.9 Å². The zero-order valence-corrected chi connectivity index (χ0v) is 20.6. The number of nitrogens with two attached hydrogens (primary N) is 1. The van der Waals surface area contributed by atoms with Gasteiger partial charge in [-0.15, -0.1) is 0 Å². The molecule has 1 heterocycles. The minimum atomic E-state index is 0.250. The molecule has 0 saturated carbocycles. The molecule has 0 radical (unpaired) electrons. The quantitative estimate of drug-likeness (QED) is 0.425. The fraction of sp³-hybridized carbons (Fsp3) is 0.583. The number of unbranched alkanes of at least 4 members (excludes halogenated alkanes) is 1. The molecule has 0 aliphatic rings. The molecule has 2 rings (SSSR count). The van der Waals surface area contributed by atoms with Gasteiger partial charge in [-0.2, -0.15) is 4.98 Å². The van der Waals surface area contributed by atoms with Crippen molar-refractivity contribution in [3.05, 3.63) is 35.0 Å². The molecule has 1 aromatic heterocycles.